The highest BCUT2D eigenvalue weighted by Crippen LogP contribution is 2.50. The molecule has 0 N–H and O–H groups in total. The summed E-state index contributed by atoms with van der Waals surface area (Å²) in [5.74, 6) is 0. The largest absolute Gasteiger partial charge is 0.318 e. The van der Waals surface area contributed by atoms with Gasteiger partial charge < -0.3 is 9.13 Å². The van der Waals surface area contributed by atoms with Crippen molar-refractivity contribution in [2.45, 2.75) is 0 Å². The van der Waals surface area contributed by atoms with Crippen LogP contribution < -0.4 is 0 Å². The molecule has 4 heteroatoms. The number of benzene rings is 10. The minimum Gasteiger partial charge on any atom is -0.318 e. The summed E-state index contributed by atoms with van der Waals surface area (Å²) in [6, 6.07) is 80.6. The molecule has 0 radical (unpaired) electrons. The highest BCUT2D eigenvalue weighted by molar-refractivity contribution is 7.26. The summed E-state index contributed by atoms with van der Waals surface area (Å²) in [6.45, 7) is 9.03. The van der Waals surface area contributed by atoms with Crippen molar-refractivity contribution in [1.29, 1.82) is 0 Å². The topological polar surface area (TPSA) is 14.2 Å². The second-order valence-electron chi connectivity index (χ2n) is 16.7. The lowest BCUT2D eigenvalue weighted by molar-refractivity contribution is 1.18. The number of rotatable bonds is 6. The molecule has 0 saturated heterocycles. The third-order valence-electron chi connectivity index (χ3n) is 13.1. The zero-order chi connectivity index (χ0) is 43.0. The Hall–Kier alpha value is -8.49. The number of thiophene rings is 1. The standard InChI is InChI=1S/C61H37N3S/c1-62-52-38-57(63-53-30-26-43(39-16-6-2-7-17-39)34-48(53)49-35-44(27-31-54(49)63)40-18-8-3-9-19-40)61-59(47-24-14-15-25-58(47)65-61)60(52)64-55-32-28-45(41-20-10-4-11-21-41)36-50(55)51-37-46(29-33-56(51)64)42-22-12-5-13-23-42/h2-38H. The van der Waals surface area contributed by atoms with Crippen LogP contribution in [0.5, 0.6) is 0 Å². The second kappa shape index (κ2) is 14.8. The molecule has 65 heavy (non-hydrogen) atoms. The van der Waals surface area contributed by atoms with Crippen molar-refractivity contribution in [2.75, 3.05) is 0 Å². The van der Waals surface area contributed by atoms with Gasteiger partial charge in [-0.2, -0.15) is 0 Å². The summed E-state index contributed by atoms with van der Waals surface area (Å²) >= 11 is 1.81. The summed E-state index contributed by atoms with van der Waals surface area (Å²) in [4.78, 5) is 4.47. The molecule has 0 aliphatic heterocycles. The average molecular weight is 844 g/mol. The highest BCUT2D eigenvalue weighted by Gasteiger charge is 2.26. The van der Waals surface area contributed by atoms with Crippen LogP contribution >= 0.6 is 11.3 Å². The molecular formula is C61H37N3S. The summed E-state index contributed by atoms with van der Waals surface area (Å²) in [6.07, 6.45) is 0. The van der Waals surface area contributed by atoms with Gasteiger partial charge in [-0.1, -0.05) is 164 Å². The van der Waals surface area contributed by atoms with Gasteiger partial charge >= 0.3 is 0 Å². The Bertz CT molecular complexity index is 3850. The van der Waals surface area contributed by atoms with E-state index >= 15 is 0 Å². The van der Waals surface area contributed by atoms with Gasteiger partial charge in [0.25, 0.3) is 0 Å². The molecule has 0 atom stereocenters. The van der Waals surface area contributed by atoms with Gasteiger partial charge in [-0.25, -0.2) is 4.85 Å². The van der Waals surface area contributed by atoms with E-state index in [4.69, 9.17) is 6.57 Å². The molecule has 3 nitrogen and oxygen atoms in total. The van der Waals surface area contributed by atoms with Crippen LogP contribution in [-0.4, -0.2) is 9.13 Å². The summed E-state index contributed by atoms with van der Waals surface area (Å²) in [5, 5.41) is 6.88. The zero-order valence-corrected chi connectivity index (χ0v) is 35.9. The van der Waals surface area contributed by atoms with Crippen molar-refractivity contribution >= 4 is 80.8 Å². The second-order valence-corrected chi connectivity index (χ2v) is 17.8. The van der Waals surface area contributed by atoms with E-state index in [-0.39, 0.29) is 0 Å². The lowest BCUT2D eigenvalue weighted by atomic mass is 10.0. The Balaban J connectivity index is 1.13. The van der Waals surface area contributed by atoms with E-state index in [1.807, 2.05) is 11.3 Å². The molecule has 0 aliphatic rings. The van der Waals surface area contributed by atoms with Crippen LogP contribution in [0.15, 0.2) is 224 Å². The third-order valence-corrected chi connectivity index (χ3v) is 14.3. The molecule has 0 spiro atoms. The van der Waals surface area contributed by atoms with Crippen LogP contribution in [0.4, 0.5) is 5.69 Å². The van der Waals surface area contributed by atoms with Crippen LogP contribution in [0.1, 0.15) is 0 Å². The molecule has 3 aromatic heterocycles. The monoisotopic (exact) mass is 843 g/mol. The maximum Gasteiger partial charge on any atom is 0.213 e. The van der Waals surface area contributed by atoms with Crippen molar-refractivity contribution in [2.24, 2.45) is 0 Å². The maximum atomic E-state index is 9.03. The fourth-order valence-electron chi connectivity index (χ4n) is 10.1. The number of fused-ring (bicyclic) bond motifs is 9. The molecule has 10 aromatic carbocycles. The highest BCUT2D eigenvalue weighted by atomic mass is 32.1. The number of hydrogen-bond donors (Lipinski definition) is 0. The van der Waals surface area contributed by atoms with Crippen molar-refractivity contribution in [3.63, 3.8) is 0 Å². The molecule has 13 rings (SSSR count). The first-order valence-electron chi connectivity index (χ1n) is 21.9. The third kappa shape index (κ3) is 5.87. The average Bonchev–Trinajstić information content (AvgIpc) is 4.04. The Morgan fingerprint density at radius 1 is 0.338 bits per heavy atom. The van der Waals surface area contributed by atoms with Gasteiger partial charge in [-0.15, -0.1) is 11.3 Å². The van der Waals surface area contributed by atoms with Crippen LogP contribution in [0.2, 0.25) is 0 Å². The number of nitrogens with zero attached hydrogens (tertiary/aromatic N) is 3. The number of aromatic nitrogens is 2. The van der Waals surface area contributed by atoms with Crippen LogP contribution in [0.3, 0.4) is 0 Å². The zero-order valence-electron chi connectivity index (χ0n) is 35.1. The first-order chi connectivity index (χ1) is 32.2. The van der Waals surface area contributed by atoms with Crippen molar-refractivity contribution in [3.8, 4) is 55.9 Å². The van der Waals surface area contributed by atoms with Crippen LogP contribution in [0, 0.1) is 6.57 Å². The number of hydrogen-bond acceptors (Lipinski definition) is 1. The Kier molecular flexibility index (Phi) is 8.46. The first kappa shape index (κ1) is 37.1. The molecule has 0 unspecified atom stereocenters. The van der Waals surface area contributed by atoms with E-state index in [9.17, 15) is 0 Å². The molecule has 0 aliphatic carbocycles. The van der Waals surface area contributed by atoms with Gasteiger partial charge in [-0.3, -0.25) is 0 Å². The van der Waals surface area contributed by atoms with Crippen LogP contribution in [-0.2, 0) is 0 Å². The molecule has 0 saturated carbocycles. The van der Waals surface area contributed by atoms with Gasteiger partial charge in [0.15, 0.2) is 0 Å². The lowest BCUT2D eigenvalue weighted by Gasteiger charge is -2.17. The van der Waals surface area contributed by atoms with E-state index in [0.717, 1.165) is 70.8 Å². The minimum absolute atomic E-state index is 0.603. The van der Waals surface area contributed by atoms with Crippen molar-refractivity contribution < 1.29 is 0 Å². The van der Waals surface area contributed by atoms with Gasteiger partial charge in [0.1, 0.15) is 0 Å². The first-order valence-corrected chi connectivity index (χ1v) is 22.8. The Morgan fingerprint density at radius 2 is 0.708 bits per heavy atom. The quantitative estimate of drug-likeness (QED) is 0.148. The van der Waals surface area contributed by atoms with E-state index in [2.05, 4.69) is 238 Å². The van der Waals surface area contributed by atoms with E-state index in [1.165, 1.54) is 48.9 Å². The van der Waals surface area contributed by atoms with Gasteiger partial charge in [0.2, 0.25) is 5.69 Å². The van der Waals surface area contributed by atoms with Crippen LogP contribution in [0.25, 0.3) is 125 Å². The Labute approximate surface area is 379 Å². The molecule has 302 valence electrons. The fraction of sp³-hybridized carbons (Fsp3) is 0. The summed E-state index contributed by atoms with van der Waals surface area (Å²) in [5.41, 5.74) is 16.2. The molecule has 3 heterocycles. The minimum atomic E-state index is 0.603. The molecule has 13 aromatic rings. The maximum absolute atomic E-state index is 9.03. The fourth-order valence-corrected chi connectivity index (χ4v) is 11.3. The predicted octanol–water partition coefficient (Wildman–Crippen LogP) is 17.5. The van der Waals surface area contributed by atoms with Gasteiger partial charge in [0, 0.05) is 37.0 Å². The van der Waals surface area contributed by atoms with E-state index in [1.54, 1.807) is 0 Å². The predicted molar refractivity (Wildman–Crippen MR) is 276 cm³/mol. The molecule has 0 fully saturated rings. The summed E-state index contributed by atoms with van der Waals surface area (Å²) < 4.78 is 7.11. The smallest absolute Gasteiger partial charge is 0.213 e. The Morgan fingerprint density at radius 3 is 1.11 bits per heavy atom. The molecular weight excluding hydrogens is 807 g/mol. The normalized spacial score (nSPS) is 11.7. The van der Waals surface area contributed by atoms with E-state index in [0.29, 0.717) is 5.69 Å². The van der Waals surface area contributed by atoms with Gasteiger partial charge in [0.05, 0.1) is 44.7 Å². The van der Waals surface area contributed by atoms with Crippen molar-refractivity contribution in [1.82, 2.24) is 9.13 Å². The lowest BCUT2D eigenvalue weighted by Crippen LogP contribution is -2.00. The van der Waals surface area contributed by atoms with E-state index < -0.39 is 0 Å². The van der Waals surface area contributed by atoms with Gasteiger partial charge in [-0.05, 0) is 105 Å². The molecule has 0 bridgehead atoms. The molecule has 0 amide bonds. The summed E-state index contributed by atoms with van der Waals surface area (Å²) in [7, 11) is 0. The SMILES string of the molecule is [C-]#[N+]c1cc(-n2c3ccc(-c4ccccc4)cc3c3cc(-c4ccccc4)ccc32)c2sc3ccccc3c2c1-n1c2ccc(-c3ccccc3)cc2c2cc(-c3ccccc3)ccc21. The van der Waals surface area contributed by atoms with Crippen molar-refractivity contribution in [3.05, 3.63) is 236 Å².